The molecule has 2 saturated heterocycles. The molecule has 2 bridgehead atoms. The average molecular weight is 513 g/mol. The summed E-state index contributed by atoms with van der Waals surface area (Å²) >= 11 is 12.6. The lowest BCUT2D eigenvalue weighted by atomic mass is 9.99. The van der Waals surface area contributed by atoms with Crippen LogP contribution in [0.15, 0.2) is 12.1 Å². The number of alkyl halides is 2. The first-order chi connectivity index (χ1) is 16.1. The minimum absolute atomic E-state index is 0.0554. The van der Waals surface area contributed by atoms with Gasteiger partial charge in [-0.15, -0.1) is 0 Å². The van der Waals surface area contributed by atoms with Gasteiger partial charge in [-0.2, -0.15) is 9.97 Å². The number of nitrogens with one attached hydrogen (secondary N) is 1. The molecule has 0 amide bonds. The Morgan fingerprint density at radius 3 is 2.41 bits per heavy atom. The molecule has 34 heavy (non-hydrogen) atoms. The SMILES string of the molecule is COc1nc(N2CC3CCC(C2)N3)c2cc(Cl)c(-c3nc(N)cc(Cl)c3C(C)(F)F)c(F)c2n1. The summed E-state index contributed by atoms with van der Waals surface area (Å²) in [4.78, 5) is 14.7. The molecule has 5 rings (SSSR count). The summed E-state index contributed by atoms with van der Waals surface area (Å²) < 4.78 is 50.2. The molecule has 2 fully saturated rings. The van der Waals surface area contributed by atoms with Gasteiger partial charge in [0.1, 0.15) is 17.2 Å². The van der Waals surface area contributed by atoms with Crippen LogP contribution >= 0.6 is 23.2 Å². The van der Waals surface area contributed by atoms with E-state index >= 15 is 4.39 Å². The summed E-state index contributed by atoms with van der Waals surface area (Å²) in [5, 5.41) is 3.39. The number of fused-ring (bicyclic) bond motifs is 3. The van der Waals surface area contributed by atoms with Gasteiger partial charge >= 0.3 is 6.01 Å². The lowest BCUT2D eigenvalue weighted by molar-refractivity contribution is 0.0179. The maximum Gasteiger partial charge on any atom is 0.318 e. The number of piperazine rings is 1. The van der Waals surface area contributed by atoms with E-state index in [1.165, 1.54) is 13.2 Å². The van der Waals surface area contributed by atoms with Gasteiger partial charge in [-0.05, 0) is 25.0 Å². The van der Waals surface area contributed by atoms with Gasteiger partial charge in [-0.3, -0.25) is 0 Å². The Morgan fingerprint density at radius 1 is 1.12 bits per heavy atom. The number of methoxy groups -OCH3 is 1. The fourth-order valence-electron chi connectivity index (χ4n) is 4.81. The van der Waals surface area contributed by atoms with Crippen LogP contribution in [0.1, 0.15) is 25.3 Å². The highest BCUT2D eigenvalue weighted by Gasteiger charge is 2.36. The predicted molar refractivity (Wildman–Crippen MR) is 125 cm³/mol. The molecule has 12 heteroatoms. The van der Waals surface area contributed by atoms with Crippen LogP contribution in [0, 0.1) is 5.82 Å². The zero-order valence-corrected chi connectivity index (χ0v) is 19.8. The molecule has 4 heterocycles. The summed E-state index contributed by atoms with van der Waals surface area (Å²) in [7, 11) is 1.37. The molecular formula is C22H21Cl2F3N6O. The molecule has 2 aliphatic rings. The Hall–Kier alpha value is -2.56. The van der Waals surface area contributed by atoms with Crippen molar-refractivity contribution in [2.75, 3.05) is 30.8 Å². The Bertz CT molecular complexity index is 1290. The number of anilines is 2. The number of hydrogen-bond acceptors (Lipinski definition) is 7. The number of halogens is 5. The lowest BCUT2D eigenvalue weighted by Gasteiger charge is -2.34. The highest BCUT2D eigenvalue weighted by atomic mass is 35.5. The zero-order valence-electron chi connectivity index (χ0n) is 18.3. The third-order valence-electron chi connectivity index (χ3n) is 6.21. The maximum atomic E-state index is 16.0. The topological polar surface area (TPSA) is 89.2 Å². The van der Waals surface area contributed by atoms with E-state index in [1.807, 2.05) is 4.90 Å². The minimum Gasteiger partial charge on any atom is -0.467 e. The van der Waals surface area contributed by atoms with Crippen LogP contribution in [-0.2, 0) is 5.92 Å². The maximum absolute atomic E-state index is 16.0. The van der Waals surface area contributed by atoms with Crippen molar-refractivity contribution in [3.8, 4) is 17.3 Å². The van der Waals surface area contributed by atoms with Crippen LogP contribution < -0.4 is 20.7 Å². The van der Waals surface area contributed by atoms with Crippen LogP contribution in [0.5, 0.6) is 6.01 Å². The van der Waals surface area contributed by atoms with Crippen LogP contribution in [0.4, 0.5) is 24.8 Å². The molecule has 0 spiro atoms. The van der Waals surface area contributed by atoms with Crippen molar-refractivity contribution in [3.63, 3.8) is 0 Å². The summed E-state index contributed by atoms with van der Waals surface area (Å²) in [5.74, 6) is -4.07. The monoisotopic (exact) mass is 512 g/mol. The van der Waals surface area contributed by atoms with Gasteiger partial charge in [0.15, 0.2) is 5.82 Å². The standard InChI is InChI=1S/C22H21Cl2F3N6O/c1-22(26,27)16-13(24)6-14(28)30-19(16)15-12(23)5-11-18(17(15)25)31-21(34-2)32-20(11)33-7-9-3-4-10(8-33)29-9/h5-6,9-10,29H,3-4,7-8H2,1-2H3,(H2,28,30). The second-order valence-electron chi connectivity index (χ2n) is 8.66. The van der Waals surface area contributed by atoms with Crippen molar-refractivity contribution >= 4 is 45.7 Å². The molecule has 0 saturated carbocycles. The number of benzene rings is 1. The van der Waals surface area contributed by atoms with Gasteiger partial charge in [-0.25, -0.2) is 18.2 Å². The third kappa shape index (κ3) is 3.87. The summed E-state index contributed by atoms with van der Waals surface area (Å²) in [6.45, 7) is 1.99. The molecule has 2 aliphatic heterocycles. The molecule has 2 atom stereocenters. The summed E-state index contributed by atoms with van der Waals surface area (Å²) in [5.41, 5.74) is 4.14. The fourth-order valence-corrected chi connectivity index (χ4v) is 5.46. The first-order valence-electron chi connectivity index (χ1n) is 10.7. The van der Waals surface area contributed by atoms with E-state index in [-0.39, 0.29) is 33.0 Å². The first-order valence-corrected chi connectivity index (χ1v) is 11.4. The molecule has 2 aromatic heterocycles. The highest BCUT2D eigenvalue weighted by molar-refractivity contribution is 6.35. The molecule has 180 valence electrons. The van der Waals surface area contributed by atoms with Gasteiger partial charge in [0, 0.05) is 37.5 Å². The number of nitrogens with zero attached hydrogens (tertiary/aromatic N) is 4. The zero-order chi connectivity index (χ0) is 24.4. The normalized spacial score (nSPS) is 20.3. The van der Waals surface area contributed by atoms with Crippen LogP contribution in [0.2, 0.25) is 10.0 Å². The molecule has 0 aliphatic carbocycles. The van der Waals surface area contributed by atoms with Crippen molar-refractivity contribution in [1.82, 2.24) is 20.3 Å². The number of ether oxygens (including phenoxy) is 1. The number of nitrogens with two attached hydrogens (primary N) is 1. The van der Waals surface area contributed by atoms with Crippen molar-refractivity contribution in [2.45, 2.75) is 37.8 Å². The van der Waals surface area contributed by atoms with Crippen molar-refractivity contribution in [3.05, 3.63) is 33.6 Å². The Balaban J connectivity index is 1.76. The Morgan fingerprint density at radius 2 is 1.79 bits per heavy atom. The average Bonchev–Trinajstić information content (AvgIpc) is 3.09. The second kappa shape index (κ2) is 8.28. The van der Waals surface area contributed by atoms with Crippen LogP contribution in [0.3, 0.4) is 0 Å². The third-order valence-corrected chi connectivity index (χ3v) is 6.80. The minimum atomic E-state index is -3.44. The lowest BCUT2D eigenvalue weighted by Crippen LogP contribution is -2.51. The fraction of sp³-hybridized carbons (Fsp3) is 0.409. The highest BCUT2D eigenvalue weighted by Crippen LogP contribution is 2.45. The van der Waals surface area contributed by atoms with Crippen LogP contribution in [0.25, 0.3) is 22.2 Å². The van der Waals surface area contributed by atoms with Gasteiger partial charge in [0.2, 0.25) is 0 Å². The van der Waals surface area contributed by atoms with E-state index in [0.717, 1.165) is 18.9 Å². The van der Waals surface area contributed by atoms with E-state index in [0.29, 0.717) is 43.3 Å². The van der Waals surface area contributed by atoms with Crippen molar-refractivity contribution < 1.29 is 17.9 Å². The second-order valence-corrected chi connectivity index (χ2v) is 9.48. The number of aromatic nitrogens is 3. The number of pyridine rings is 1. The van der Waals surface area contributed by atoms with E-state index in [4.69, 9.17) is 33.7 Å². The van der Waals surface area contributed by atoms with Gasteiger partial charge in [-0.1, -0.05) is 23.2 Å². The van der Waals surface area contributed by atoms with E-state index in [1.54, 1.807) is 0 Å². The Kier molecular flexibility index (Phi) is 5.65. The quantitative estimate of drug-likeness (QED) is 0.519. The summed E-state index contributed by atoms with van der Waals surface area (Å²) in [6.07, 6.45) is 2.08. The van der Waals surface area contributed by atoms with Crippen LogP contribution in [-0.4, -0.2) is 47.2 Å². The van der Waals surface area contributed by atoms with Gasteiger partial charge < -0.3 is 20.7 Å². The van der Waals surface area contributed by atoms with Crippen molar-refractivity contribution in [2.24, 2.45) is 0 Å². The molecular weight excluding hydrogens is 492 g/mol. The number of hydrogen-bond donors (Lipinski definition) is 2. The molecule has 3 aromatic rings. The van der Waals surface area contributed by atoms with E-state index in [9.17, 15) is 8.78 Å². The van der Waals surface area contributed by atoms with Gasteiger partial charge in [0.25, 0.3) is 5.92 Å². The molecule has 2 unspecified atom stereocenters. The largest absolute Gasteiger partial charge is 0.467 e. The molecule has 3 N–H and O–H groups in total. The van der Waals surface area contributed by atoms with Gasteiger partial charge in [0.05, 0.1) is 34.0 Å². The smallest absolute Gasteiger partial charge is 0.318 e. The number of nitrogen functional groups attached to an aromatic ring is 1. The van der Waals surface area contributed by atoms with Crippen molar-refractivity contribution in [1.29, 1.82) is 0 Å². The molecule has 1 aromatic carbocycles. The predicted octanol–water partition coefficient (Wildman–Crippen LogP) is 4.78. The first kappa shape index (κ1) is 23.2. The summed E-state index contributed by atoms with van der Waals surface area (Å²) in [6, 6.07) is 3.08. The number of rotatable bonds is 4. The molecule has 7 nitrogen and oxygen atoms in total. The molecule has 0 radical (unpaired) electrons. The Labute approximate surface area is 203 Å². The van der Waals surface area contributed by atoms with E-state index < -0.39 is 23.0 Å². The van der Waals surface area contributed by atoms with E-state index in [2.05, 4.69) is 20.3 Å².